The highest BCUT2D eigenvalue weighted by Gasteiger charge is 1.97. The molecule has 8 heavy (non-hydrogen) atoms. The Labute approximate surface area is 51.9 Å². The van der Waals surface area contributed by atoms with E-state index in [1.807, 2.05) is 13.8 Å². The van der Waals surface area contributed by atoms with Crippen LogP contribution in [0.5, 0.6) is 0 Å². The smallest absolute Gasteiger partial charge is 0.140 e. The molecule has 0 aromatic carbocycles. The second-order valence-corrected chi connectivity index (χ2v) is 3.06. The van der Waals surface area contributed by atoms with Crippen LogP contribution >= 0.6 is 0 Å². The molecule has 0 bridgehead atoms. The molecule has 1 atom stereocenters. The molecule has 0 saturated carbocycles. The Morgan fingerprint density at radius 1 is 1.50 bits per heavy atom. The fourth-order valence-corrected chi connectivity index (χ4v) is 1.15. The summed E-state index contributed by atoms with van der Waals surface area (Å²) in [5.74, 6) is 0.669. The zero-order valence-corrected chi connectivity index (χ0v) is 6.15. The lowest BCUT2D eigenvalue weighted by Crippen LogP contribution is -1.99. The lowest BCUT2D eigenvalue weighted by molar-refractivity contribution is 0.580. The zero-order valence-electron chi connectivity index (χ0n) is 5.26. The van der Waals surface area contributed by atoms with Crippen molar-refractivity contribution in [2.45, 2.75) is 20.3 Å². The molecule has 50 valence electrons. The molecule has 0 aromatic rings. The van der Waals surface area contributed by atoms with Gasteiger partial charge in [0, 0.05) is 0 Å². The lowest BCUT2D eigenvalue weighted by atomic mass is 10.2. The van der Waals surface area contributed by atoms with E-state index >= 15 is 0 Å². The number of rotatable bonds is 3. The standard InChI is InChI=1S/C5H12O2S/c1-3-5(2)4-8(6)7/h5,8H,3-4H2,1-2H3. The SMILES string of the molecule is CCC(C)C[SH](=O)=O. The lowest BCUT2D eigenvalue weighted by Gasteiger charge is -1.98. The average Bonchev–Trinajstić information content (AvgIpc) is 1.65. The molecule has 0 spiro atoms. The molecule has 0 radical (unpaired) electrons. The van der Waals surface area contributed by atoms with Crippen molar-refractivity contribution in [3.63, 3.8) is 0 Å². The van der Waals surface area contributed by atoms with E-state index in [1.54, 1.807) is 0 Å². The van der Waals surface area contributed by atoms with Gasteiger partial charge in [-0.1, -0.05) is 20.3 Å². The summed E-state index contributed by atoms with van der Waals surface area (Å²) >= 11 is 0. The zero-order chi connectivity index (χ0) is 6.57. The fourth-order valence-electron chi connectivity index (χ4n) is 0.384. The summed E-state index contributed by atoms with van der Waals surface area (Å²) in [6.45, 7) is 3.93. The van der Waals surface area contributed by atoms with E-state index in [4.69, 9.17) is 0 Å². The van der Waals surface area contributed by atoms with Crippen molar-refractivity contribution in [3.05, 3.63) is 0 Å². The number of hydrogen-bond acceptors (Lipinski definition) is 2. The Morgan fingerprint density at radius 2 is 2.00 bits per heavy atom. The molecule has 0 rings (SSSR count). The highest BCUT2D eigenvalue weighted by molar-refractivity contribution is 7.72. The molecule has 1 unspecified atom stereocenters. The molecular formula is C5H12O2S. The first-order valence-electron chi connectivity index (χ1n) is 2.78. The van der Waals surface area contributed by atoms with Crippen molar-refractivity contribution in [2.75, 3.05) is 5.75 Å². The van der Waals surface area contributed by atoms with E-state index in [0.717, 1.165) is 6.42 Å². The maximum atomic E-state index is 10.0. The predicted octanol–water partition coefficient (Wildman–Crippen LogP) is 0.644. The first-order valence-corrected chi connectivity index (χ1v) is 4.15. The van der Waals surface area contributed by atoms with Gasteiger partial charge in [-0.2, -0.15) is 0 Å². The van der Waals surface area contributed by atoms with Gasteiger partial charge < -0.3 is 0 Å². The van der Waals surface area contributed by atoms with Crippen LogP contribution < -0.4 is 0 Å². The molecule has 0 N–H and O–H groups in total. The van der Waals surface area contributed by atoms with E-state index in [0.29, 0.717) is 11.7 Å². The molecular weight excluding hydrogens is 124 g/mol. The maximum Gasteiger partial charge on any atom is 0.140 e. The van der Waals surface area contributed by atoms with Crippen LogP contribution in [0.2, 0.25) is 0 Å². The van der Waals surface area contributed by atoms with Crippen LogP contribution in [0.15, 0.2) is 0 Å². The second-order valence-electron chi connectivity index (χ2n) is 2.03. The van der Waals surface area contributed by atoms with Crippen molar-refractivity contribution in [2.24, 2.45) is 5.92 Å². The summed E-state index contributed by atoms with van der Waals surface area (Å²) in [5, 5.41) is 0. The minimum Gasteiger partial charge on any atom is -0.232 e. The van der Waals surface area contributed by atoms with E-state index in [9.17, 15) is 8.42 Å². The fraction of sp³-hybridized carbons (Fsp3) is 1.00. The number of thiol groups is 1. The van der Waals surface area contributed by atoms with Gasteiger partial charge in [-0.15, -0.1) is 0 Å². The van der Waals surface area contributed by atoms with E-state index < -0.39 is 10.7 Å². The number of hydrogen-bond donors (Lipinski definition) is 1. The predicted molar refractivity (Wildman–Crippen MR) is 34.6 cm³/mol. The third-order valence-corrected chi connectivity index (χ3v) is 2.08. The summed E-state index contributed by atoms with van der Waals surface area (Å²) in [5.41, 5.74) is 0. The topological polar surface area (TPSA) is 34.1 Å². The van der Waals surface area contributed by atoms with Gasteiger partial charge in [-0.3, -0.25) is 0 Å². The van der Waals surface area contributed by atoms with Crippen LogP contribution in [0.4, 0.5) is 0 Å². The highest BCUT2D eigenvalue weighted by atomic mass is 32.2. The molecule has 3 heteroatoms. The van der Waals surface area contributed by atoms with Crippen LogP contribution in [0.3, 0.4) is 0 Å². The quantitative estimate of drug-likeness (QED) is 0.578. The minimum absolute atomic E-state index is 0.330. The van der Waals surface area contributed by atoms with Crippen LogP contribution in [-0.2, 0) is 10.7 Å². The second kappa shape index (κ2) is 3.89. The normalized spacial score (nSPS) is 14.4. The van der Waals surface area contributed by atoms with Crippen LogP contribution in [0, 0.1) is 5.92 Å². The average molecular weight is 136 g/mol. The highest BCUT2D eigenvalue weighted by Crippen LogP contribution is 1.98. The minimum atomic E-state index is -2.15. The Hall–Kier alpha value is -0.0500. The van der Waals surface area contributed by atoms with Crippen molar-refractivity contribution in [3.8, 4) is 0 Å². The first kappa shape index (κ1) is 7.95. The van der Waals surface area contributed by atoms with Crippen LogP contribution in [-0.4, -0.2) is 14.2 Å². The Kier molecular flexibility index (Phi) is 3.87. The summed E-state index contributed by atoms with van der Waals surface area (Å²) in [6.07, 6.45) is 0.948. The van der Waals surface area contributed by atoms with Gasteiger partial charge in [-0.05, 0) is 5.92 Å². The molecule has 0 aliphatic heterocycles. The Balaban J connectivity index is 3.39. The van der Waals surface area contributed by atoms with Crippen LogP contribution in [0.25, 0.3) is 0 Å². The molecule has 0 aromatic heterocycles. The van der Waals surface area contributed by atoms with Gasteiger partial charge in [0.05, 0.1) is 5.75 Å². The van der Waals surface area contributed by atoms with E-state index in [2.05, 4.69) is 0 Å². The van der Waals surface area contributed by atoms with Crippen molar-refractivity contribution in [1.29, 1.82) is 0 Å². The van der Waals surface area contributed by atoms with Crippen molar-refractivity contribution in [1.82, 2.24) is 0 Å². The van der Waals surface area contributed by atoms with Crippen molar-refractivity contribution >= 4 is 10.7 Å². The molecule has 0 aliphatic carbocycles. The molecule has 0 heterocycles. The van der Waals surface area contributed by atoms with E-state index in [-0.39, 0.29) is 0 Å². The molecule has 0 fully saturated rings. The summed E-state index contributed by atoms with van der Waals surface area (Å²) in [6, 6.07) is 0. The van der Waals surface area contributed by atoms with Gasteiger partial charge in [0.15, 0.2) is 0 Å². The Morgan fingerprint density at radius 3 is 2.12 bits per heavy atom. The third kappa shape index (κ3) is 4.12. The van der Waals surface area contributed by atoms with Gasteiger partial charge in [0.2, 0.25) is 0 Å². The van der Waals surface area contributed by atoms with Crippen LogP contribution in [0.1, 0.15) is 20.3 Å². The largest absolute Gasteiger partial charge is 0.232 e. The van der Waals surface area contributed by atoms with Gasteiger partial charge in [0.1, 0.15) is 10.7 Å². The van der Waals surface area contributed by atoms with Gasteiger partial charge in [-0.25, -0.2) is 8.42 Å². The molecule has 2 nitrogen and oxygen atoms in total. The van der Waals surface area contributed by atoms with Gasteiger partial charge in [0.25, 0.3) is 0 Å². The summed E-state index contributed by atoms with van der Waals surface area (Å²) < 4.78 is 20.0. The third-order valence-electron chi connectivity index (χ3n) is 1.16. The maximum absolute atomic E-state index is 10.0. The summed E-state index contributed by atoms with van der Waals surface area (Å²) in [4.78, 5) is 0. The summed E-state index contributed by atoms with van der Waals surface area (Å²) in [7, 11) is -2.15. The molecule has 0 saturated heterocycles. The molecule has 0 aliphatic rings. The van der Waals surface area contributed by atoms with Gasteiger partial charge >= 0.3 is 0 Å². The van der Waals surface area contributed by atoms with Crippen molar-refractivity contribution < 1.29 is 8.42 Å². The van der Waals surface area contributed by atoms with E-state index in [1.165, 1.54) is 0 Å². The monoisotopic (exact) mass is 136 g/mol. The first-order chi connectivity index (χ1) is 3.66. The Bertz CT molecular complexity index is 110. The molecule has 0 amide bonds.